The maximum atomic E-state index is 11.1. The average Bonchev–Trinajstić information content (AvgIpc) is 3.03. The van der Waals surface area contributed by atoms with Gasteiger partial charge in [0.05, 0.1) is 18.3 Å². The van der Waals surface area contributed by atoms with Gasteiger partial charge in [-0.3, -0.25) is 0 Å². The van der Waals surface area contributed by atoms with Crippen molar-refractivity contribution in [2.24, 2.45) is 0 Å². The number of ether oxygens (including phenoxy) is 1. The van der Waals surface area contributed by atoms with E-state index in [1.54, 1.807) is 13.2 Å². The highest BCUT2D eigenvalue weighted by Crippen LogP contribution is 2.40. The fourth-order valence-corrected chi connectivity index (χ4v) is 6.18. The van der Waals surface area contributed by atoms with E-state index >= 15 is 0 Å². The lowest BCUT2D eigenvalue weighted by Gasteiger charge is -2.25. The molecule has 0 saturated heterocycles. The third kappa shape index (κ3) is 5.95. The average molecular weight is 574 g/mol. The van der Waals surface area contributed by atoms with Gasteiger partial charge in [0.1, 0.15) is 5.75 Å². The number of aromatic nitrogens is 1. The van der Waals surface area contributed by atoms with E-state index in [1.165, 1.54) is 36.5 Å². The zero-order chi connectivity index (χ0) is 29.1. The van der Waals surface area contributed by atoms with Crippen molar-refractivity contribution in [3.05, 3.63) is 113 Å². The molecule has 1 aromatic heterocycles. The van der Waals surface area contributed by atoms with Gasteiger partial charge in [0, 0.05) is 22.0 Å². The molecule has 1 N–H and O–H groups in total. The second-order valence-corrected chi connectivity index (χ2v) is 11.3. The van der Waals surface area contributed by atoms with Crippen LogP contribution < -0.4 is 4.74 Å². The van der Waals surface area contributed by atoms with Crippen molar-refractivity contribution in [2.75, 3.05) is 7.11 Å². The summed E-state index contributed by atoms with van der Waals surface area (Å²) in [5.74, 6) is 0.313. The maximum absolute atomic E-state index is 11.1. The number of methoxy groups -OCH3 is 1. The summed E-state index contributed by atoms with van der Waals surface area (Å²) in [6.07, 6.45) is 8.95. The van der Waals surface area contributed by atoms with Gasteiger partial charge in [-0.1, -0.05) is 79.4 Å². The third-order valence-corrected chi connectivity index (χ3v) is 8.45. The third-order valence-electron chi connectivity index (χ3n) is 8.20. The molecule has 210 valence electrons. The molecule has 5 aromatic rings. The van der Waals surface area contributed by atoms with Crippen molar-refractivity contribution in [3.63, 3.8) is 0 Å². The van der Waals surface area contributed by atoms with Crippen LogP contribution in [0.3, 0.4) is 0 Å². The molecule has 1 saturated carbocycles. The molecule has 6 rings (SSSR count). The van der Waals surface area contributed by atoms with Crippen LogP contribution in [0.4, 0.5) is 0 Å². The largest absolute Gasteiger partial charge is 0.497 e. The molecule has 0 aliphatic heterocycles. The van der Waals surface area contributed by atoms with Gasteiger partial charge in [-0.05, 0) is 101 Å². The fraction of sp³-hybridized carbons (Fsp3) is 0.189. The molecule has 0 radical (unpaired) electrons. The standard InChI is InChI=1S/C37H32ClNO3/c1-42-30-15-17-31(26-9-13-29(38)14-10-26)34(23-30)36-19-12-28-22-27(11-18-35(28)39-36)32-16-7-24(8-20-37(40)41)21-33(32)25-5-3-2-4-6-25/h7-23,25H,2-6H2,1H3,(H,40,41). The van der Waals surface area contributed by atoms with Crippen LogP contribution in [-0.4, -0.2) is 23.2 Å². The molecule has 42 heavy (non-hydrogen) atoms. The zero-order valence-electron chi connectivity index (χ0n) is 23.5. The fourth-order valence-electron chi connectivity index (χ4n) is 6.05. The number of nitrogens with zero attached hydrogens (tertiary/aromatic N) is 1. The van der Waals surface area contributed by atoms with Gasteiger partial charge in [-0.15, -0.1) is 0 Å². The molecule has 4 nitrogen and oxygen atoms in total. The summed E-state index contributed by atoms with van der Waals surface area (Å²) in [6.45, 7) is 0. The lowest BCUT2D eigenvalue weighted by molar-refractivity contribution is -0.131. The molecule has 0 amide bonds. The van der Waals surface area contributed by atoms with Crippen molar-refractivity contribution < 1.29 is 14.6 Å². The molecule has 1 heterocycles. The van der Waals surface area contributed by atoms with Gasteiger partial charge < -0.3 is 9.84 Å². The zero-order valence-corrected chi connectivity index (χ0v) is 24.3. The number of benzene rings is 4. The predicted molar refractivity (Wildman–Crippen MR) is 172 cm³/mol. The minimum Gasteiger partial charge on any atom is -0.497 e. The number of pyridine rings is 1. The summed E-state index contributed by atoms with van der Waals surface area (Å²) in [5, 5.41) is 10.9. The van der Waals surface area contributed by atoms with E-state index in [0.29, 0.717) is 10.9 Å². The maximum Gasteiger partial charge on any atom is 0.328 e. The lowest BCUT2D eigenvalue weighted by Crippen LogP contribution is -2.06. The Balaban J connectivity index is 1.40. The topological polar surface area (TPSA) is 59.4 Å². The van der Waals surface area contributed by atoms with Gasteiger partial charge >= 0.3 is 5.97 Å². The van der Waals surface area contributed by atoms with Crippen LogP contribution in [0.2, 0.25) is 5.02 Å². The highest BCUT2D eigenvalue weighted by molar-refractivity contribution is 6.30. The molecule has 4 aromatic carbocycles. The smallest absolute Gasteiger partial charge is 0.328 e. The van der Waals surface area contributed by atoms with Gasteiger partial charge in [0.25, 0.3) is 0 Å². The van der Waals surface area contributed by atoms with Gasteiger partial charge in [0.2, 0.25) is 0 Å². The number of rotatable bonds is 7. The molecule has 1 fully saturated rings. The Hall–Kier alpha value is -4.41. The highest BCUT2D eigenvalue weighted by atomic mass is 35.5. The molecule has 1 aliphatic rings. The van der Waals surface area contributed by atoms with E-state index in [9.17, 15) is 4.79 Å². The Kier molecular flexibility index (Phi) is 8.07. The second-order valence-electron chi connectivity index (χ2n) is 10.9. The molecular weight excluding hydrogens is 542 g/mol. The molecular formula is C37H32ClNO3. The summed E-state index contributed by atoms with van der Waals surface area (Å²) < 4.78 is 5.55. The van der Waals surface area contributed by atoms with Crippen LogP contribution >= 0.6 is 11.6 Å². The number of carboxylic acid groups (broad SMARTS) is 1. The van der Waals surface area contributed by atoms with E-state index in [1.807, 2.05) is 42.5 Å². The molecule has 5 heteroatoms. The van der Waals surface area contributed by atoms with Crippen molar-refractivity contribution in [2.45, 2.75) is 38.0 Å². The van der Waals surface area contributed by atoms with Crippen LogP contribution in [0.1, 0.15) is 49.1 Å². The number of carboxylic acids is 1. The summed E-state index contributed by atoms with van der Waals surface area (Å²) >= 11 is 6.16. The lowest BCUT2D eigenvalue weighted by atomic mass is 9.80. The number of hydrogen-bond acceptors (Lipinski definition) is 3. The monoisotopic (exact) mass is 573 g/mol. The number of aliphatic carboxylic acids is 1. The Morgan fingerprint density at radius 1 is 0.833 bits per heavy atom. The van der Waals surface area contributed by atoms with Gasteiger partial charge in [0.15, 0.2) is 0 Å². The minimum atomic E-state index is -0.936. The summed E-state index contributed by atoms with van der Waals surface area (Å²) in [4.78, 5) is 16.2. The normalized spacial score (nSPS) is 14.0. The minimum absolute atomic E-state index is 0.475. The van der Waals surface area contributed by atoms with E-state index < -0.39 is 5.97 Å². The molecule has 0 spiro atoms. The molecule has 0 unspecified atom stereocenters. The Morgan fingerprint density at radius 3 is 2.36 bits per heavy atom. The van der Waals surface area contributed by atoms with E-state index in [2.05, 4.69) is 48.5 Å². The first-order valence-corrected chi connectivity index (χ1v) is 14.8. The van der Waals surface area contributed by atoms with Gasteiger partial charge in [-0.2, -0.15) is 0 Å². The van der Waals surface area contributed by atoms with Crippen LogP contribution in [-0.2, 0) is 4.79 Å². The number of fused-ring (bicyclic) bond motifs is 1. The summed E-state index contributed by atoms with van der Waals surface area (Å²) in [5.41, 5.74) is 9.48. The van der Waals surface area contributed by atoms with Gasteiger partial charge in [-0.25, -0.2) is 9.78 Å². The first kappa shape index (κ1) is 27.7. The predicted octanol–water partition coefficient (Wildman–Crippen LogP) is 10.0. The Labute approximate surface area is 251 Å². The van der Waals surface area contributed by atoms with Crippen molar-refractivity contribution >= 4 is 34.5 Å². The van der Waals surface area contributed by atoms with Crippen molar-refractivity contribution in [1.82, 2.24) is 4.98 Å². The van der Waals surface area contributed by atoms with Crippen LogP contribution in [0, 0.1) is 0 Å². The first-order valence-electron chi connectivity index (χ1n) is 14.4. The molecule has 0 atom stereocenters. The molecule has 0 bridgehead atoms. The number of halogens is 1. The first-order chi connectivity index (χ1) is 20.5. The SMILES string of the molecule is COc1ccc(-c2ccc(Cl)cc2)c(-c2ccc3cc(-c4ccc(C=CC(=O)O)cc4C4CCCCC4)ccc3n2)c1. The van der Waals surface area contributed by atoms with Crippen LogP contribution in [0.15, 0.2) is 97.1 Å². The quantitative estimate of drug-likeness (QED) is 0.197. The Bertz CT molecular complexity index is 1790. The van der Waals surface area contributed by atoms with Crippen molar-refractivity contribution in [3.8, 4) is 39.3 Å². The van der Waals surface area contributed by atoms with Crippen LogP contribution in [0.25, 0.3) is 50.5 Å². The van der Waals surface area contributed by atoms with E-state index in [4.69, 9.17) is 26.4 Å². The summed E-state index contributed by atoms with van der Waals surface area (Å²) in [7, 11) is 1.67. The second kappa shape index (κ2) is 12.2. The Morgan fingerprint density at radius 2 is 1.60 bits per heavy atom. The van der Waals surface area contributed by atoms with Crippen molar-refractivity contribution in [1.29, 1.82) is 0 Å². The van der Waals surface area contributed by atoms with E-state index in [-0.39, 0.29) is 0 Å². The molecule has 1 aliphatic carbocycles. The van der Waals surface area contributed by atoms with Crippen LogP contribution in [0.5, 0.6) is 5.75 Å². The number of carbonyl (C=O) groups is 1. The number of hydrogen-bond donors (Lipinski definition) is 1. The summed E-state index contributed by atoms with van der Waals surface area (Å²) in [6, 6.07) is 30.9. The van der Waals surface area contributed by atoms with E-state index in [0.717, 1.165) is 63.0 Å². The highest BCUT2D eigenvalue weighted by Gasteiger charge is 2.20.